The average molecular weight is 424 g/mol. The first-order chi connectivity index (χ1) is 13.0. The van der Waals surface area contributed by atoms with Crippen molar-refractivity contribution in [2.75, 3.05) is 0 Å². The van der Waals surface area contributed by atoms with E-state index in [0.29, 0.717) is 11.3 Å². The number of hydrogen-bond donors (Lipinski definition) is 1. The van der Waals surface area contributed by atoms with Crippen molar-refractivity contribution in [2.24, 2.45) is 0 Å². The van der Waals surface area contributed by atoms with Crippen molar-refractivity contribution >= 4 is 21.8 Å². The number of benzene rings is 2. The van der Waals surface area contributed by atoms with Gasteiger partial charge in [0.2, 0.25) is 0 Å². The van der Waals surface area contributed by atoms with E-state index < -0.39 is 17.8 Å². The predicted molar refractivity (Wildman–Crippen MR) is 104 cm³/mol. The number of halogens is 2. The van der Waals surface area contributed by atoms with Crippen molar-refractivity contribution in [1.29, 1.82) is 5.26 Å². The summed E-state index contributed by atoms with van der Waals surface area (Å²) in [6.45, 7) is 1.72. The van der Waals surface area contributed by atoms with E-state index in [4.69, 9.17) is 0 Å². The second-order valence-electron chi connectivity index (χ2n) is 5.90. The number of aromatic nitrogens is 1. The van der Waals surface area contributed by atoms with Crippen LogP contribution in [0.5, 0.6) is 0 Å². The quantitative estimate of drug-likeness (QED) is 0.645. The third-order valence-corrected chi connectivity index (χ3v) is 4.56. The van der Waals surface area contributed by atoms with E-state index in [-0.39, 0.29) is 5.56 Å². The van der Waals surface area contributed by atoms with Crippen molar-refractivity contribution in [2.45, 2.75) is 13.0 Å². The lowest BCUT2D eigenvalue weighted by Gasteiger charge is -2.14. The maximum absolute atomic E-state index is 13.9. The van der Waals surface area contributed by atoms with Crippen LogP contribution in [-0.2, 0) is 0 Å². The van der Waals surface area contributed by atoms with Crippen molar-refractivity contribution in [3.05, 3.63) is 87.8 Å². The van der Waals surface area contributed by atoms with Crippen molar-refractivity contribution in [3.8, 4) is 17.3 Å². The van der Waals surface area contributed by atoms with Crippen molar-refractivity contribution < 1.29 is 9.18 Å². The summed E-state index contributed by atoms with van der Waals surface area (Å²) in [6, 6.07) is 17.8. The summed E-state index contributed by atoms with van der Waals surface area (Å²) in [4.78, 5) is 17.1. The van der Waals surface area contributed by atoms with Gasteiger partial charge in [0, 0.05) is 15.6 Å². The molecule has 1 unspecified atom stereocenters. The Kier molecular flexibility index (Phi) is 5.63. The zero-order valence-corrected chi connectivity index (χ0v) is 16.0. The number of nitrogens with one attached hydrogen (secondary N) is 1. The first kappa shape index (κ1) is 18.7. The van der Waals surface area contributed by atoms with Crippen LogP contribution in [0.1, 0.15) is 27.7 Å². The van der Waals surface area contributed by atoms with Gasteiger partial charge in [-0.2, -0.15) is 5.26 Å². The van der Waals surface area contributed by atoms with E-state index in [1.54, 1.807) is 25.1 Å². The number of rotatable bonds is 4. The molecule has 0 radical (unpaired) electrons. The molecule has 1 heterocycles. The Labute approximate surface area is 164 Å². The maximum atomic E-state index is 13.9. The van der Waals surface area contributed by atoms with E-state index >= 15 is 0 Å². The summed E-state index contributed by atoms with van der Waals surface area (Å²) in [5, 5.41) is 11.9. The Morgan fingerprint density at radius 1 is 1.19 bits per heavy atom. The molecular formula is C21H15BrFN3O. The molecule has 3 aromatic rings. The number of hydrogen-bond acceptors (Lipinski definition) is 3. The summed E-state index contributed by atoms with van der Waals surface area (Å²) in [5.41, 5.74) is 2.64. The Hall–Kier alpha value is -3.04. The van der Waals surface area contributed by atoms with Gasteiger partial charge in [0.25, 0.3) is 5.91 Å². The van der Waals surface area contributed by atoms with Crippen molar-refractivity contribution in [3.63, 3.8) is 0 Å². The first-order valence-corrected chi connectivity index (χ1v) is 8.97. The number of pyridine rings is 1. The summed E-state index contributed by atoms with van der Waals surface area (Å²) >= 11 is 3.43. The van der Waals surface area contributed by atoms with E-state index in [2.05, 4.69) is 26.2 Å². The predicted octanol–water partition coefficient (Wildman–Crippen LogP) is 4.95. The lowest BCUT2D eigenvalue weighted by molar-refractivity contribution is 0.0943. The van der Waals surface area contributed by atoms with Gasteiger partial charge in [-0.3, -0.25) is 9.78 Å². The van der Waals surface area contributed by atoms with E-state index in [1.165, 1.54) is 18.2 Å². The molecule has 0 spiro atoms. The molecule has 0 aliphatic heterocycles. The molecule has 4 nitrogen and oxygen atoms in total. The van der Waals surface area contributed by atoms with Gasteiger partial charge in [0.1, 0.15) is 11.9 Å². The fourth-order valence-corrected chi connectivity index (χ4v) is 3.11. The highest BCUT2D eigenvalue weighted by Gasteiger charge is 2.20. The van der Waals surface area contributed by atoms with Gasteiger partial charge in [-0.05, 0) is 37.3 Å². The average Bonchev–Trinajstić information content (AvgIpc) is 2.66. The van der Waals surface area contributed by atoms with Crippen LogP contribution in [-0.4, -0.2) is 10.9 Å². The molecule has 27 heavy (non-hydrogen) atoms. The Morgan fingerprint density at radius 2 is 1.96 bits per heavy atom. The number of nitrogens with zero attached hydrogens (tertiary/aromatic N) is 2. The fraction of sp³-hybridized carbons (Fsp3) is 0.0952. The molecule has 3 rings (SSSR count). The molecule has 1 aromatic heterocycles. The number of amides is 1. The second-order valence-corrected chi connectivity index (χ2v) is 6.81. The summed E-state index contributed by atoms with van der Waals surface area (Å²) in [6.07, 6.45) is 0. The van der Waals surface area contributed by atoms with Crippen LogP contribution in [0.2, 0.25) is 0 Å². The highest BCUT2D eigenvalue weighted by molar-refractivity contribution is 9.10. The molecule has 0 aliphatic carbocycles. The smallest absolute Gasteiger partial charge is 0.254 e. The number of nitriles is 1. The molecule has 1 N–H and O–H groups in total. The van der Waals surface area contributed by atoms with Crippen LogP contribution in [0.25, 0.3) is 11.3 Å². The SMILES string of the molecule is Cc1nc(-c2cccc(Br)c2)ccc1C(=O)NC(C#N)c1ccccc1F. The lowest BCUT2D eigenvalue weighted by Crippen LogP contribution is -2.29. The van der Waals surface area contributed by atoms with Crippen LogP contribution in [0.15, 0.2) is 65.1 Å². The third kappa shape index (κ3) is 4.21. The number of aryl methyl sites for hydroxylation is 1. The zero-order chi connectivity index (χ0) is 19.4. The summed E-state index contributed by atoms with van der Waals surface area (Å²) in [7, 11) is 0. The van der Waals surface area contributed by atoms with Gasteiger partial charge in [-0.25, -0.2) is 4.39 Å². The van der Waals surface area contributed by atoms with Crippen molar-refractivity contribution in [1.82, 2.24) is 10.3 Å². The van der Waals surface area contributed by atoms with Gasteiger partial charge in [0.15, 0.2) is 0 Å². The highest BCUT2D eigenvalue weighted by Crippen LogP contribution is 2.23. The van der Waals surface area contributed by atoms with Gasteiger partial charge in [-0.15, -0.1) is 0 Å². The van der Waals surface area contributed by atoms with Gasteiger partial charge < -0.3 is 5.32 Å². The first-order valence-electron chi connectivity index (χ1n) is 8.18. The maximum Gasteiger partial charge on any atom is 0.254 e. The second kappa shape index (κ2) is 8.11. The third-order valence-electron chi connectivity index (χ3n) is 4.07. The van der Waals surface area contributed by atoms with E-state index in [9.17, 15) is 14.4 Å². The molecule has 1 amide bonds. The zero-order valence-electron chi connectivity index (χ0n) is 14.4. The largest absolute Gasteiger partial charge is 0.332 e. The summed E-state index contributed by atoms with van der Waals surface area (Å²) in [5.74, 6) is -1.01. The molecule has 2 aromatic carbocycles. The normalized spacial score (nSPS) is 11.5. The highest BCUT2D eigenvalue weighted by atomic mass is 79.9. The Bertz CT molecular complexity index is 1050. The minimum atomic E-state index is -1.08. The molecule has 0 saturated heterocycles. The molecule has 0 fully saturated rings. The monoisotopic (exact) mass is 423 g/mol. The fourth-order valence-electron chi connectivity index (χ4n) is 2.71. The molecule has 0 bridgehead atoms. The minimum Gasteiger partial charge on any atom is -0.332 e. The lowest BCUT2D eigenvalue weighted by atomic mass is 10.1. The van der Waals surface area contributed by atoms with Crippen LogP contribution in [0, 0.1) is 24.1 Å². The number of carbonyl (C=O) groups is 1. The minimum absolute atomic E-state index is 0.129. The van der Waals surface area contributed by atoms with Gasteiger partial charge in [-0.1, -0.05) is 46.3 Å². The van der Waals surface area contributed by atoms with E-state index in [1.807, 2.05) is 30.3 Å². The topological polar surface area (TPSA) is 65.8 Å². The van der Waals surface area contributed by atoms with Crippen LogP contribution in [0.3, 0.4) is 0 Å². The van der Waals surface area contributed by atoms with Crippen LogP contribution < -0.4 is 5.32 Å². The molecule has 0 aliphatic rings. The van der Waals surface area contributed by atoms with Crippen LogP contribution >= 0.6 is 15.9 Å². The summed E-state index contributed by atoms with van der Waals surface area (Å²) < 4.78 is 14.8. The molecule has 1 atom stereocenters. The molecule has 0 saturated carbocycles. The standard InChI is InChI=1S/C21H15BrFN3O/c1-13-16(9-10-19(25-13)14-5-4-6-15(22)11-14)21(27)26-20(12-24)17-7-2-3-8-18(17)23/h2-11,20H,1H3,(H,26,27). The molecule has 6 heteroatoms. The molecular weight excluding hydrogens is 409 g/mol. The Balaban J connectivity index is 1.85. The Morgan fingerprint density at radius 3 is 2.63 bits per heavy atom. The van der Waals surface area contributed by atoms with E-state index in [0.717, 1.165) is 15.7 Å². The number of carbonyl (C=O) groups excluding carboxylic acids is 1. The van der Waals surface area contributed by atoms with Gasteiger partial charge >= 0.3 is 0 Å². The van der Waals surface area contributed by atoms with Crippen LogP contribution in [0.4, 0.5) is 4.39 Å². The molecule has 134 valence electrons. The van der Waals surface area contributed by atoms with Gasteiger partial charge in [0.05, 0.1) is 23.0 Å².